The molecule has 1 amide bonds. The highest BCUT2D eigenvalue weighted by Gasteiger charge is 2.31. The average Bonchev–Trinajstić information content (AvgIpc) is 3.24. The van der Waals surface area contributed by atoms with Crippen molar-refractivity contribution in [3.05, 3.63) is 35.4 Å². The van der Waals surface area contributed by atoms with Crippen LogP contribution in [0.4, 0.5) is 0 Å². The summed E-state index contributed by atoms with van der Waals surface area (Å²) in [7, 11) is 1.99. The maximum Gasteiger partial charge on any atom is 0.236 e. The summed E-state index contributed by atoms with van der Waals surface area (Å²) < 4.78 is 0. The fourth-order valence-electron chi connectivity index (χ4n) is 2.60. The molecule has 2 rings (SSSR count). The minimum Gasteiger partial charge on any atom is -0.339 e. The molecule has 110 valence electrons. The molecule has 0 bridgehead atoms. The van der Waals surface area contributed by atoms with Crippen molar-refractivity contribution in [1.82, 2.24) is 9.80 Å². The Morgan fingerprint density at radius 1 is 1.30 bits per heavy atom. The molecule has 2 N–H and O–H groups in total. The van der Waals surface area contributed by atoms with E-state index in [2.05, 4.69) is 17.9 Å². The Labute approximate surface area is 121 Å². The second kappa shape index (κ2) is 6.86. The van der Waals surface area contributed by atoms with Crippen molar-refractivity contribution in [1.29, 1.82) is 0 Å². The minimum atomic E-state index is 0.239. The van der Waals surface area contributed by atoms with E-state index in [4.69, 9.17) is 5.73 Å². The predicted molar refractivity (Wildman–Crippen MR) is 81.1 cm³/mol. The first-order chi connectivity index (χ1) is 9.65. The fraction of sp³-hybridized carbons (Fsp3) is 0.562. The van der Waals surface area contributed by atoms with Crippen LogP contribution in [0.25, 0.3) is 0 Å². The minimum absolute atomic E-state index is 0.239. The molecule has 1 aromatic carbocycles. The van der Waals surface area contributed by atoms with Crippen LogP contribution in [-0.2, 0) is 17.9 Å². The maximum atomic E-state index is 12.3. The number of rotatable bonds is 7. The molecule has 4 heteroatoms. The van der Waals surface area contributed by atoms with Crippen LogP contribution in [0.3, 0.4) is 0 Å². The van der Waals surface area contributed by atoms with E-state index in [9.17, 15) is 4.79 Å². The number of nitrogens with zero attached hydrogens (tertiary/aromatic N) is 2. The number of carbonyl (C=O) groups excluding carboxylic acids is 1. The van der Waals surface area contributed by atoms with Gasteiger partial charge in [-0.3, -0.25) is 9.69 Å². The van der Waals surface area contributed by atoms with E-state index in [1.54, 1.807) is 0 Å². The SMILES string of the molecule is CCN(C(=O)CN(C)Cc1ccccc1CN)C1CC1. The Kier molecular flexibility index (Phi) is 5.15. The molecule has 0 spiro atoms. The molecule has 4 nitrogen and oxygen atoms in total. The molecule has 0 atom stereocenters. The first-order valence-electron chi connectivity index (χ1n) is 7.40. The van der Waals surface area contributed by atoms with Crippen LogP contribution in [0.1, 0.15) is 30.9 Å². The summed E-state index contributed by atoms with van der Waals surface area (Å²) in [5, 5.41) is 0. The van der Waals surface area contributed by atoms with Gasteiger partial charge in [0.25, 0.3) is 0 Å². The van der Waals surface area contributed by atoms with Gasteiger partial charge in [0.05, 0.1) is 6.54 Å². The summed E-state index contributed by atoms with van der Waals surface area (Å²) in [6, 6.07) is 8.65. The lowest BCUT2D eigenvalue weighted by atomic mass is 10.1. The van der Waals surface area contributed by atoms with Gasteiger partial charge in [0, 0.05) is 25.7 Å². The van der Waals surface area contributed by atoms with E-state index in [0.717, 1.165) is 18.7 Å². The van der Waals surface area contributed by atoms with Crippen LogP contribution in [-0.4, -0.2) is 41.9 Å². The number of carbonyl (C=O) groups is 1. The van der Waals surface area contributed by atoms with Gasteiger partial charge in [0.2, 0.25) is 5.91 Å². The topological polar surface area (TPSA) is 49.6 Å². The number of likely N-dealkylation sites (N-methyl/N-ethyl adjacent to an activating group) is 2. The lowest BCUT2D eigenvalue weighted by Crippen LogP contribution is -2.40. The molecule has 1 aliphatic carbocycles. The lowest BCUT2D eigenvalue weighted by molar-refractivity contribution is -0.132. The molecule has 1 aliphatic rings. The van der Waals surface area contributed by atoms with E-state index in [1.807, 2.05) is 30.1 Å². The van der Waals surface area contributed by atoms with Crippen molar-refractivity contribution in [2.45, 2.75) is 38.9 Å². The van der Waals surface area contributed by atoms with Gasteiger partial charge in [0.15, 0.2) is 0 Å². The van der Waals surface area contributed by atoms with Gasteiger partial charge < -0.3 is 10.6 Å². The van der Waals surface area contributed by atoms with E-state index in [-0.39, 0.29) is 5.91 Å². The smallest absolute Gasteiger partial charge is 0.236 e. The van der Waals surface area contributed by atoms with Crippen molar-refractivity contribution in [3.63, 3.8) is 0 Å². The van der Waals surface area contributed by atoms with E-state index in [0.29, 0.717) is 19.1 Å². The molecule has 0 radical (unpaired) electrons. The normalized spacial score (nSPS) is 14.6. The second-order valence-electron chi connectivity index (χ2n) is 5.56. The Hall–Kier alpha value is -1.39. The molecular formula is C16H25N3O. The van der Waals surface area contributed by atoms with E-state index < -0.39 is 0 Å². The third kappa shape index (κ3) is 3.81. The highest BCUT2D eigenvalue weighted by Crippen LogP contribution is 2.26. The average molecular weight is 275 g/mol. The molecule has 0 aliphatic heterocycles. The molecule has 20 heavy (non-hydrogen) atoms. The molecule has 0 aromatic heterocycles. The van der Waals surface area contributed by atoms with Crippen LogP contribution in [0.2, 0.25) is 0 Å². The van der Waals surface area contributed by atoms with Crippen LogP contribution in [0, 0.1) is 0 Å². The number of nitrogens with two attached hydrogens (primary N) is 1. The Morgan fingerprint density at radius 2 is 1.95 bits per heavy atom. The van der Waals surface area contributed by atoms with Crippen molar-refractivity contribution < 1.29 is 4.79 Å². The predicted octanol–water partition coefficient (Wildman–Crippen LogP) is 1.59. The van der Waals surface area contributed by atoms with Gasteiger partial charge in [-0.1, -0.05) is 24.3 Å². The number of hydrogen-bond donors (Lipinski definition) is 1. The zero-order chi connectivity index (χ0) is 14.5. The summed E-state index contributed by atoms with van der Waals surface area (Å²) >= 11 is 0. The molecule has 0 unspecified atom stereocenters. The zero-order valence-electron chi connectivity index (χ0n) is 12.5. The number of benzene rings is 1. The fourth-order valence-corrected chi connectivity index (χ4v) is 2.60. The summed E-state index contributed by atoms with van der Waals surface area (Å²) in [6.07, 6.45) is 2.33. The van der Waals surface area contributed by atoms with Gasteiger partial charge in [0.1, 0.15) is 0 Å². The lowest BCUT2D eigenvalue weighted by Gasteiger charge is -2.24. The Morgan fingerprint density at radius 3 is 2.50 bits per heavy atom. The molecule has 0 heterocycles. The molecule has 0 saturated heterocycles. The first-order valence-corrected chi connectivity index (χ1v) is 7.40. The molecule has 1 saturated carbocycles. The van der Waals surface area contributed by atoms with Gasteiger partial charge in [-0.25, -0.2) is 0 Å². The standard InChI is InChI=1S/C16H25N3O/c1-3-19(15-8-9-15)16(20)12-18(2)11-14-7-5-4-6-13(14)10-17/h4-7,15H,3,8-12,17H2,1-2H3. The van der Waals surface area contributed by atoms with Crippen molar-refractivity contribution >= 4 is 5.91 Å². The Balaban J connectivity index is 1.91. The largest absolute Gasteiger partial charge is 0.339 e. The van der Waals surface area contributed by atoms with E-state index >= 15 is 0 Å². The third-order valence-electron chi connectivity index (χ3n) is 3.83. The van der Waals surface area contributed by atoms with Gasteiger partial charge in [-0.2, -0.15) is 0 Å². The monoisotopic (exact) mass is 275 g/mol. The summed E-state index contributed by atoms with van der Waals surface area (Å²) in [5.74, 6) is 0.239. The summed E-state index contributed by atoms with van der Waals surface area (Å²) in [5.41, 5.74) is 8.11. The van der Waals surface area contributed by atoms with Gasteiger partial charge in [-0.15, -0.1) is 0 Å². The maximum absolute atomic E-state index is 12.3. The van der Waals surface area contributed by atoms with Crippen LogP contribution < -0.4 is 5.73 Å². The number of amides is 1. The highest BCUT2D eigenvalue weighted by atomic mass is 16.2. The first kappa shape index (κ1) is 15.0. The van der Waals surface area contributed by atoms with Crippen LogP contribution >= 0.6 is 0 Å². The van der Waals surface area contributed by atoms with Crippen molar-refractivity contribution in [2.24, 2.45) is 5.73 Å². The molecule has 1 fully saturated rings. The molecule has 1 aromatic rings. The van der Waals surface area contributed by atoms with Gasteiger partial charge >= 0.3 is 0 Å². The van der Waals surface area contributed by atoms with Crippen molar-refractivity contribution in [3.8, 4) is 0 Å². The number of hydrogen-bond acceptors (Lipinski definition) is 3. The molecular weight excluding hydrogens is 250 g/mol. The van der Waals surface area contributed by atoms with Crippen LogP contribution in [0.5, 0.6) is 0 Å². The summed E-state index contributed by atoms with van der Waals surface area (Å²) in [6.45, 7) is 4.66. The summed E-state index contributed by atoms with van der Waals surface area (Å²) in [4.78, 5) is 16.3. The zero-order valence-corrected chi connectivity index (χ0v) is 12.5. The van der Waals surface area contributed by atoms with Crippen LogP contribution in [0.15, 0.2) is 24.3 Å². The van der Waals surface area contributed by atoms with Gasteiger partial charge in [-0.05, 0) is 37.9 Å². The quantitative estimate of drug-likeness (QED) is 0.822. The van der Waals surface area contributed by atoms with Crippen molar-refractivity contribution in [2.75, 3.05) is 20.1 Å². The highest BCUT2D eigenvalue weighted by molar-refractivity contribution is 5.78. The Bertz CT molecular complexity index is 457. The third-order valence-corrected chi connectivity index (χ3v) is 3.83. The van der Waals surface area contributed by atoms with E-state index in [1.165, 1.54) is 18.4 Å². The second-order valence-corrected chi connectivity index (χ2v) is 5.56.